The van der Waals surface area contributed by atoms with E-state index in [2.05, 4.69) is 22.2 Å². The van der Waals surface area contributed by atoms with Crippen LogP contribution in [0.15, 0.2) is 33.7 Å². The van der Waals surface area contributed by atoms with Crippen molar-refractivity contribution in [2.24, 2.45) is 5.73 Å². The van der Waals surface area contributed by atoms with Gasteiger partial charge in [0.25, 0.3) is 0 Å². The van der Waals surface area contributed by atoms with Gasteiger partial charge in [-0.05, 0) is 64.2 Å². The summed E-state index contributed by atoms with van der Waals surface area (Å²) in [4.78, 5) is 0. The fourth-order valence-electron chi connectivity index (χ4n) is 1.17. The Hall–Kier alpha value is -0.680. The summed E-state index contributed by atoms with van der Waals surface area (Å²) in [6, 6.07) is 4.14. The Kier molecular flexibility index (Phi) is 7.09. The first kappa shape index (κ1) is 13.4. The van der Waals surface area contributed by atoms with E-state index in [1.807, 2.05) is 11.4 Å². The van der Waals surface area contributed by atoms with E-state index in [4.69, 9.17) is 10.8 Å². The zero-order valence-corrected chi connectivity index (χ0v) is 10.8. The molecule has 0 radical (unpaired) electrons. The molecule has 2 heterocycles. The summed E-state index contributed by atoms with van der Waals surface area (Å²) >= 11 is 3.39. The van der Waals surface area contributed by atoms with Gasteiger partial charge in [-0.3, -0.25) is 0 Å². The molecule has 2 aromatic rings. The molecule has 0 fully saturated rings. The van der Waals surface area contributed by atoms with Crippen molar-refractivity contribution < 1.29 is 5.11 Å². The van der Waals surface area contributed by atoms with E-state index >= 15 is 0 Å². The van der Waals surface area contributed by atoms with Gasteiger partial charge >= 0.3 is 0 Å². The first-order valence-corrected chi connectivity index (χ1v) is 7.08. The minimum atomic E-state index is 0.261. The van der Waals surface area contributed by atoms with Crippen LogP contribution in [0, 0.1) is 0 Å². The lowest BCUT2D eigenvalue weighted by Crippen LogP contribution is -2.00. The van der Waals surface area contributed by atoms with Crippen molar-refractivity contribution in [2.45, 2.75) is 12.8 Å². The van der Waals surface area contributed by atoms with Crippen LogP contribution in [-0.2, 0) is 12.8 Å². The second-order valence-electron chi connectivity index (χ2n) is 3.28. The number of nitrogens with two attached hydrogens (primary N) is 1. The summed E-state index contributed by atoms with van der Waals surface area (Å²) in [5, 5.41) is 16.7. The third-order valence-electron chi connectivity index (χ3n) is 1.99. The number of hydrogen-bond acceptors (Lipinski definition) is 4. The zero-order valence-electron chi connectivity index (χ0n) is 9.13. The van der Waals surface area contributed by atoms with Crippen LogP contribution in [0.4, 0.5) is 0 Å². The molecule has 0 bridgehead atoms. The second-order valence-corrected chi connectivity index (χ2v) is 4.84. The van der Waals surface area contributed by atoms with Crippen LogP contribution in [0.25, 0.3) is 0 Å². The normalized spacial score (nSPS) is 9.62. The Bertz CT molecular complexity index is 307. The van der Waals surface area contributed by atoms with E-state index in [0.29, 0.717) is 0 Å². The van der Waals surface area contributed by atoms with Gasteiger partial charge in [-0.15, -0.1) is 0 Å². The number of thiophene rings is 2. The van der Waals surface area contributed by atoms with Crippen LogP contribution >= 0.6 is 22.7 Å². The first-order valence-electron chi connectivity index (χ1n) is 5.20. The molecule has 0 amide bonds. The lowest BCUT2D eigenvalue weighted by molar-refractivity contribution is 0.300. The highest BCUT2D eigenvalue weighted by atomic mass is 32.1. The zero-order chi connectivity index (χ0) is 11.6. The molecule has 0 unspecified atom stereocenters. The molecule has 2 nitrogen and oxygen atoms in total. The minimum Gasteiger partial charge on any atom is -0.396 e. The fourth-order valence-corrected chi connectivity index (χ4v) is 2.57. The highest BCUT2D eigenvalue weighted by Crippen LogP contribution is 2.05. The topological polar surface area (TPSA) is 46.2 Å². The van der Waals surface area contributed by atoms with E-state index in [1.165, 1.54) is 11.1 Å². The van der Waals surface area contributed by atoms with Gasteiger partial charge in [0.2, 0.25) is 0 Å². The SMILES string of the molecule is NCCc1ccsc1.OCCc1ccsc1. The van der Waals surface area contributed by atoms with Crippen molar-refractivity contribution >= 4 is 22.7 Å². The molecule has 0 saturated heterocycles. The van der Waals surface area contributed by atoms with E-state index in [-0.39, 0.29) is 6.61 Å². The lowest BCUT2D eigenvalue weighted by atomic mass is 10.2. The number of aliphatic hydroxyl groups excluding tert-OH is 1. The Morgan fingerprint density at radius 2 is 1.56 bits per heavy atom. The van der Waals surface area contributed by atoms with Crippen LogP contribution in [0.5, 0.6) is 0 Å². The summed E-state index contributed by atoms with van der Waals surface area (Å²) in [5.74, 6) is 0. The van der Waals surface area contributed by atoms with Gasteiger partial charge in [0.05, 0.1) is 0 Å². The van der Waals surface area contributed by atoms with E-state index in [9.17, 15) is 0 Å². The molecule has 3 N–H and O–H groups in total. The fraction of sp³-hybridized carbons (Fsp3) is 0.333. The lowest BCUT2D eigenvalue weighted by Gasteiger charge is -1.86. The van der Waals surface area contributed by atoms with Crippen molar-refractivity contribution in [2.75, 3.05) is 13.2 Å². The minimum absolute atomic E-state index is 0.261. The van der Waals surface area contributed by atoms with Crippen molar-refractivity contribution in [3.05, 3.63) is 44.8 Å². The molecule has 0 spiro atoms. The summed E-state index contributed by atoms with van der Waals surface area (Å²) in [5.41, 5.74) is 7.92. The maximum absolute atomic E-state index is 8.44. The van der Waals surface area contributed by atoms with Crippen molar-refractivity contribution in [1.29, 1.82) is 0 Å². The molecule has 0 aromatic carbocycles. The molecular formula is C12H17NOS2. The highest BCUT2D eigenvalue weighted by molar-refractivity contribution is 7.08. The van der Waals surface area contributed by atoms with Gasteiger partial charge in [-0.25, -0.2) is 0 Å². The molecule has 0 aliphatic heterocycles. The third kappa shape index (κ3) is 5.42. The molecule has 16 heavy (non-hydrogen) atoms. The first-order chi connectivity index (χ1) is 7.86. The monoisotopic (exact) mass is 255 g/mol. The maximum atomic E-state index is 8.44. The number of aliphatic hydroxyl groups is 1. The molecule has 0 aliphatic rings. The Morgan fingerprint density at radius 1 is 1.00 bits per heavy atom. The highest BCUT2D eigenvalue weighted by Gasteiger charge is 1.87. The van der Waals surface area contributed by atoms with Crippen LogP contribution in [0.1, 0.15) is 11.1 Å². The predicted molar refractivity (Wildman–Crippen MR) is 72.2 cm³/mol. The van der Waals surface area contributed by atoms with Crippen LogP contribution in [0.2, 0.25) is 0 Å². The molecule has 2 aromatic heterocycles. The van der Waals surface area contributed by atoms with Gasteiger partial charge in [-0.2, -0.15) is 22.7 Å². The van der Waals surface area contributed by atoms with Crippen molar-refractivity contribution in [1.82, 2.24) is 0 Å². The Labute approximate surface area is 104 Å². The average Bonchev–Trinajstić information content (AvgIpc) is 2.92. The van der Waals surface area contributed by atoms with Gasteiger partial charge < -0.3 is 10.8 Å². The molecular weight excluding hydrogens is 238 g/mol. The maximum Gasteiger partial charge on any atom is 0.0471 e. The quantitative estimate of drug-likeness (QED) is 0.882. The van der Waals surface area contributed by atoms with Gasteiger partial charge in [0.1, 0.15) is 0 Å². The third-order valence-corrected chi connectivity index (χ3v) is 3.46. The standard InChI is InChI=1S/C6H9NS.C6H8OS/c2*7-3-1-6-2-4-8-5-6/h2,4-5H,1,3,7H2;2,4-5,7H,1,3H2. The molecule has 4 heteroatoms. The summed E-state index contributed by atoms with van der Waals surface area (Å²) in [7, 11) is 0. The largest absolute Gasteiger partial charge is 0.396 e. The molecule has 0 aliphatic carbocycles. The summed E-state index contributed by atoms with van der Waals surface area (Å²) in [6.07, 6.45) is 1.81. The molecule has 2 rings (SSSR count). The Balaban J connectivity index is 0.000000160. The summed E-state index contributed by atoms with van der Waals surface area (Å²) < 4.78 is 0. The van der Waals surface area contributed by atoms with Crippen LogP contribution in [-0.4, -0.2) is 18.3 Å². The number of hydrogen-bond donors (Lipinski definition) is 2. The van der Waals surface area contributed by atoms with Crippen LogP contribution in [0.3, 0.4) is 0 Å². The molecule has 0 saturated carbocycles. The molecule has 88 valence electrons. The van der Waals surface area contributed by atoms with Crippen LogP contribution < -0.4 is 5.73 Å². The average molecular weight is 255 g/mol. The van der Waals surface area contributed by atoms with E-state index in [1.54, 1.807) is 22.7 Å². The number of rotatable bonds is 4. The van der Waals surface area contributed by atoms with E-state index in [0.717, 1.165) is 19.4 Å². The Morgan fingerprint density at radius 3 is 1.94 bits per heavy atom. The van der Waals surface area contributed by atoms with Gasteiger partial charge in [0, 0.05) is 6.61 Å². The van der Waals surface area contributed by atoms with E-state index < -0.39 is 0 Å². The summed E-state index contributed by atoms with van der Waals surface area (Å²) in [6.45, 7) is 1.02. The molecule has 0 atom stereocenters. The van der Waals surface area contributed by atoms with Gasteiger partial charge in [0.15, 0.2) is 0 Å². The second kappa shape index (κ2) is 8.47. The van der Waals surface area contributed by atoms with Crippen molar-refractivity contribution in [3.63, 3.8) is 0 Å². The van der Waals surface area contributed by atoms with Crippen molar-refractivity contribution in [3.8, 4) is 0 Å². The smallest absolute Gasteiger partial charge is 0.0471 e. The predicted octanol–water partition coefficient (Wildman–Crippen LogP) is 2.53. The van der Waals surface area contributed by atoms with Gasteiger partial charge in [-0.1, -0.05) is 0 Å².